The number of halogens is 1. The van der Waals surface area contributed by atoms with E-state index in [1.165, 1.54) is 12.2 Å². The van der Waals surface area contributed by atoms with Gasteiger partial charge in [-0.15, -0.1) is 10.1 Å². The van der Waals surface area contributed by atoms with Crippen LogP contribution in [0.3, 0.4) is 0 Å². The fourth-order valence-corrected chi connectivity index (χ4v) is 1.64. The zero-order valence-electron chi connectivity index (χ0n) is 11.9. The van der Waals surface area contributed by atoms with Gasteiger partial charge in [0.2, 0.25) is 0 Å². The summed E-state index contributed by atoms with van der Waals surface area (Å²) in [6.45, 7) is -0.525. The Morgan fingerprint density at radius 3 is 2.41 bits per heavy atom. The number of methoxy groups -OCH3 is 2. The number of ether oxygens (including phenoxy) is 2. The van der Waals surface area contributed by atoms with Crippen LogP contribution in [-0.4, -0.2) is 31.9 Å². The number of carbonyl (C=O) groups excluding carboxylic acids is 1. The second-order valence-corrected chi connectivity index (χ2v) is 4.33. The first-order chi connectivity index (χ1) is 10.5. The van der Waals surface area contributed by atoms with Gasteiger partial charge in [0.25, 0.3) is 5.09 Å². The maximum absolute atomic E-state index is 11.5. The molecule has 0 radical (unpaired) electrons. The molecule has 0 aliphatic rings. The lowest BCUT2D eigenvalue weighted by molar-refractivity contribution is -0.755. The standard InChI is InChI=1S/C14H14ClNO6/c1-20-12-6-3-10(4-7-12)13(15)8-5-11(14(17)21-2)9-22-16(18)19/h3-8H,9H2,1-2H3/b11-5+,13-8-. The molecule has 8 heteroatoms. The van der Waals surface area contributed by atoms with E-state index in [9.17, 15) is 14.9 Å². The summed E-state index contributed by atoms with van der Waals surface area (Å²) in [4.78, 5) is 25.8. The maximum Gasteiger partial charge on any atom is 0.335 e. The fraction of sp³-hybridized carbons (Fsp3) is 0.214. The average molecular weight is 328 g/mol. The van der Waals surface area contributed by atoms with E-state index in [1.54, 1.807) is 31.4 Å². The molecule has 0 aromatic heterocycles. The van der Waals surface area contributed by atoms with E-state index in [0.29, 0.717) is 16.3 Å². The molecule has 0 heterocycles. The molecule has 0 fully saturated rings. The molecule has 0 saturated heterocycles. The van der Waals surface area contributed by atoms with Gasteiger partial charge in [0.05, 0.1) is 19.8 Å². The summed E-state index contributed by atoms with van der Waals surface area (Å²) < 4.78 is 9.55. The number of benzene rings is 1. The van der Waals surface area contributed by atoms with Gasteiger partial charge in [-0.1, -0.05) is 11.6 Å². The molecule has 0 spiro atoms. The lowest BCUT2D eigenvalue weighted by Gasteiger charge is -2.04. The topological polar surface area (TPSA) is 87.9 Å². The van der Waals surface area contributed by atoms with Crippen molar-refractivity contribution in [3.05, 3.63) is 57.7 Å². The first kappa shape index (κ1) is 17.5. The summed E-state index contributed by atoms with van der Waals surface area (Å²) in [5.74, 6) is -0.0595. The lowest BCUT2D eigenvalue weighted by atomic mass is 10.2. The van der Waals surface area contributed by atoms with E-state index >= 15 is 0 Å². The fourth-order valence-electron chi connectivity index (χ4n) is 1.45. The van der Waals surface area contributed by atoms with Crippen LogP contribution in [0.5, 0.6) is 5.75 Å². The van der Waals surface area contributed by atoms with Gasteiger partial charge in [-0.05, 0) is 42.0 Å². The minimum absolute atomic E-state index is 0.0362. The summed E-state index contributed by atoms with van der Waals surface area (Å²) in [5, 5.41) is 9.53. The van der Waals surface area contributed by atoms with Crippen LogP contribution in [0, 0.1) is 10.1 Å². The highest BCUT2D eigenvalue weighted by Gasteiger charge is 2.11. The third kappa shape index (κ3) is 5.45. The second kappa shape index (κ2) is 8.68. The molecule has 0 N–H and O–H groups in total. The average Bonchev–Trinajstić information content (AvgIpc) is 2.53. The lowest BCUT2D eigenvalue weighted by Crippen LogP contribution is -2.13. The third-order valence-electron chi connectivity index (χ3n) is 2.57. The van der Waals surface area contributed by atoms with Gasteiger partial charge in [-0.2, -0.15) is 0 Å². The maximum atomic E-state index is 11.5. The Bertz CT molecular complexity index is 594. The van der Waals surface area contributed by atoms with Crippen molar-refractivity contribution in [3.8, 4) is 5.75 Å². The molecule has 118 valence electrons. The summed E-state index contributed by atoms with van der Waals surface area (Å²) >= 11 is 6.11. The number of allylic oxidation sites excluding steroid dienone is 2. The molecule has 22 heavy (non-hydrogen) atoms. The quantitative estimate of drug-likeness (QED) is 0.251. The predicted octanol–water partition coefficient (Wildman–Crippen LogP) is 2.58. The molecule has 0 bridgehead atoms. The van der Waals surface area contributed by atoms with Gasteiger partial charge < -0.3 is 14.3 Å². The number of rotatable bonds is 7. The van der Waals surface area contributed by atoms with Crippen LogP contribution in [0.4, 0.5) is 0 Å². The largest absolute Gasteiger partial charge is 0.497 e. The van der Waals surface area contributed by atoms with Crippen molar-refractivity contribution in [1.29, 1.82) is 0 Å². The van der Waals surface area contributed by atoms with Crippen molar-refractivity contribution < 1.29 is 24.2 Å². The van der Waals surface area contributed by atoms with Crippen LogP contribution in [0.1, 0.15) is 5.56 Å². The van der Waals surface area contributed by atoms with E-state index in [4.69, 9.17) is 16.3 Å². The minimum Gasteiger partial charge on any atom is -0.497 e. The van der Waals surface area contributed by atoms with Crippen LogP contribution in [0.25, 0.3) is 5.03 Å². The van der Waals surface area contributed by atoms with E-state index in [2.05, 4.69) is 9.57 Å². The SMILES string of the molecule is COC(=O)/C(=C/C=C(\Cl)c1ccc(OC)cc1)CO[N+](=O)[O-]. The molecule has 0 saturated carbocycles. The van der Waals surface area contributed by atoms with Gasteiger partial charge in [-0.3, -0.25) is 0 Å². The number of nitrogens with zero attached hydrogens (tertiary/aromatic N) is 1. The summed E-state index contributed by atoms with van der Waals surface area (Å²) in [6.07, 6.45) is 2.74. The first-order valence-electron chi connectivity index (χ1n) is 6.04. The molecule has 0 aliphatic carbocycles. The Kier molecular flexibility index (Phi) is 6.91. The van der Waals surface area contributed by atoms with Crippen molar-refractivity contribution in [2.24, 2.45) is 0 Å². The highest BCUT2D eigenvalue weighted by atomic mass is 35.5. The minimum atomic E-state index is -0.994. The van der Waals surface area contributed by atoms with Crippen molar-refractivity contribution in [3.63, 3.8) is 0 Å². The van der Waals surface area contributed by atoms with Crippen molar-refractivity contribution in [1.82, 2.24) is 0 Å². The van der Waals surface area contributed by atoms with Gasteiger partial charge in [0, 0.05) is 5.03 Å². The van der Waals surface area contributed by atoms with E-state index in [1.807, 2.05) is 0 Å². The van der Waals surface area contributed by atoms with Crippen LogP contribution in [-0.2, 0) is 14.4 Å². The van der Waals surface area contributed by atoms with Crippen LogP contribution < -0.4 is 4.74 Å². The van der Waals surface area contributed by atoms with E-state index in [0.717, 1.165) is 7.11 Å². The smallest absolute Gasteiger partial charge is 0.335 e. The molecular formula is C14H14ClNO6. The Morgan fingerprint density at radius 1 is 1.27 bits per heavy atom. The molecule has 7 nitrogen and oxygen atoms in total. The number of carbonyl (C=O) groups is 1. The molecule has 0 amide bonds. The van der Waals surface area contributed by atoms with Crippen LogP contribution in [0.15, 0.2) is 42.0 Å². The highest BCUT2D eigenvalue weighted by molar-refractivity contribution is 6.48. The van der Waals surface area contributed by atoms with Crippen molar-refractivity contribution in [2.45, 2.75) is 0 Å². The molecule has 0 atom stereocenters. The zero-order valence-corrected chi connectivity index (χ0v) is 12.7. The molecule has 0 unspecified atom stereocenters. The Hall–Kier alpha value is -2.54. The van der Waals surface area contributed by atoms with Crippen molar-refractivity contribution >= 4 is 22.6 Å². The Morgan fingerprint density at radius 2 is 1.91 bits per heavy atom. The van der Waals surface area contributed by atoms with Crippen LogP contribution >= 0.6 is 11.6 Å². The molecule has 1 rings (SSSR count). The second-order valence-electron chi connectivity index (χ2n) is 3.92. The summed E-state index contributed by atoms with van der Waals surface area (Å²) in [7, 11) is 2.71. The first-order valence-corrected chi connectivity index (χ1v) is 6.42. The summed E-state index contributed by atoms with van der Waals surface area (Å²) in [5.41, 5.74) is 0.656. The van der Waals surface area contributed by atoms with Gasteiger partial charge in [0.1, 0.15) is 12.4 Å². The monoisotopic (exact) mass is 327 g/mol. The predicted molar refractivity (Wildman–Crippen MR) is 79.9 cm³/mol. The molecule has 1 aromatic carbocycles. The number of hydrogen-bond donors (Lipinski definition) is 0. The van der Waals surface area contributed by atoms with Gasteiger partial charge >= 0.3 is 5.97 Å². The van der Waals surface area contributed by atoms with Gasteiger partial charge in [-0.25, -0.2) is 4.79 Å². The van der Waals surface area contributed by atoms with Crippen molar-refractivity contribution in [2.75, 3.05) is 20.8 Å². The number of esters is 1. The Balaban J connectivity index is 2.92. The van der Waals surface area contributed by atoms with E-state index in [-0.39, 0.29) is 5.57 Å². The molecule has 0 aliphatic heterocycles. The summed E-state index contributed by atoms with van der Waals surface area (Å²) in [6, 6.07) is 6.92. The van der Waals surface area contributed by atoms with E-state index < -0.39 is 17.7 Å². The Labute approximate surface area is 131 Å². The van der Waals surface area contributed by atoms with Crippen LogP contribution in [0.2, 0.25) is 0 Å². The van der Waals surface area contributed by atoms with Gasteiger partial charge in [0.15, 0.2) is 0 Å². The molecular weight excluding hydrogens is 314 g/mol. The third-order valence-corrected chi connectivity index (χ3v) is 2.91. The zero-order chi connectivity index (χ0) is 16.5. The molecule has 1 aromatic rings. The normalized spacial score (nSPS) is 11.8. The highest BCUT2D eigenvalue weighted by Crippen LogP contribution is 2.22. The number of hydrogen-bond acceptors (Lipinski definition) is 6.